The molecular formula is C25H23NO. The van der Waals surface area contributed by atoms with E-state index in [9.17, 15) is 0 Å². The van der Waals surface area contributed by atoms with E-state index >= 15 is 0 Å². The summed E-state index contributed by atoms with van der Waals surface area (Å²) in [5.41, 5.74) is 4.90. The molecule has 0 saturated carbocycles. The summed E-state index contributed by atoms with van der Waals surface area (Å²) in [7, 11) is 1.69. The predicted molar refractivity (Wildman–Crippen MR) is 114 cm³/mol. The Hall–Kier alpha value is -3.26. The molecule has 0 bridgehead atoms. The Labute approximate surface area is 160 Å². The van der Waals surface area contributed by atoms with Crippen molar-refractivity contribution in [3.63, 3.8) is 0 Å². The third kappa shape index (κ3) is 3.52. The molecule has 0 heterocycles. The van der Waals surface area contributed by atoms with Crippen LogP contribution in [0.4, 0.5) is 5.69 Å². The summed E-state index contributed by atoms with van der Waals surface area (Å²) < 4.78 is 5.29. The van der Waals surface area contributed by atoms with Gasteiger partial charge in [0, 0.05) is 5.69 Å². The lowest BCUT2D eigenvalue weighted by atomic mass is 9.91. The second-order valence-electron chi connectivity index (χ2n) is 6.73. The van der Waals surface area contributed by atoms with Gasteiger partial charge in [0.25, 0.3) is 0 Å². The average molecular weight is 353 g/mol. The van der Waals surface area contributed by atoms with Gasteiger partial charge in [0.05, 0.1) is 13.2 Å². The number of aryl methyl sites for hydroxylation is 1. The van der Waals surface area contributed by atoms with Crippen LogP contribution >= 0.6 is 0 Å². The van der Waals surface area contributed by atoms with Crippen molar-refractivity contribution < 1.29 is 4.74 Å². The van der Waals surface area contributed by atoms with Crippen molar-refractivity contribution in [1.82, 2.24) is 0 Å². The van der Waals surface area contributed by atoms with Gasteiger partial charge in [-0.25, -0.2) is 0 Å². The highest BCUT2D eigenvalue weighted by Gasteiger charge is 2.18. The van der Waals surface area contributed by atoms with Crippen molar-refractivity contribution in [2.24, 2.45) is 0 Å². The fraction of sp³-hybridized carbons (Fsp3) is 0.120. The highest BCUT2D eigenvalue weighted by atomic mass is 16.5. The van der Waals surface area contributed by atoms with Gasteiger partial charge in [0.15, 0.2) is 0 Å². The number of hydrogen-bond acceptors (Lipinski definition) is 2. The Balaban J connectivity index is 1.84. The number of anilines is 1. The molecule has 2 heteroatoms. The maximum absolute atomic E-state index is 5.29. The number of benzene rings is 4. The molecule has 0 aliphatic rings. The van der Waals surface area contributed by atoms with E-state index in [0.717, 1.165) is 11.4 Å². The average Bonchev–Trinajstić information content (AvgIpc) is 2.73. The highest BCUT2D eigenvalue weighted by Crippen LogP contribution is 2.33. The molecule has 4 rings (SSSR count). The zero-order valence-electron chi connectivity index (χ0n) is 15.6. The third-order valence-corrected chi connectivity index (χ3v) is 5.03. The molecule has 4 aromatic carbocycles. The Kier molecular flexibility index (Phi) is 4.80. The molecule has 0 aliphatic heterocycles. The Morgan fingerprint density at radius 2 is 1.37 bits per heavy atom. The zero-order chi connectivity index (χ0) is 18.6. The van der Waals surface area contributed by atoms with E-state index < -0.39 is 0 Å². The minimum absolute atomic E-state index is 0.0608. The van der Waals surface area contributed by atoms with Crippen molar-refractivity contribution in [3.05, 3.63) is 108 Å². The van der Waals surface area contributed by atoms with Crippen LogP contribution in [-0.4, -0.2) is 7.11 Å². The molecule has 134 valence electrons. The summed E-state index contributed by atoms with van der Waals surface area (Å²) in [5, 5.41) is 6.27. The molecule has 1 atom stereocenters. The highest BCUT2D eigenvalue weighted by molar-refractivity contribution is 5.87. The van der Waals surface area contributed by atoms with Gasteiger partial charge in [0.2, 0.25) is 0 Å². The van der Waals surface area contributed by atoms with Gasteiger partial charge in [0.1, 0.15) is 5.75 Å². The van der Waals surface area contributed by atoms with Gasteiger partial charge in [-0.3, -0.25) is 0 Å². The van der Waals surface area contributed by atoms with E-state index in [1.165, 1.54) is 27.5 Å². The van der Waals surface area contributed by atoms with Crippen LogP contribution in [0.25, 0.3) is 10.8 Å². The van der Waals surface area contributed by atoms with E-state index in [1.54, 1.807) is 7.11 Å². The second kappa shape index (κ2) is 7.55. The summed E-state index contributed by atoms with van der Waals surface area (Å²) in [6, 6.07) is 31.8. The molecule has 0 radical (unpaired) electrons. The van der Waals surface area contributed by atoms with E-state index in [2.05, 4.69) is 91.1 Å². The van der Waals surface area contributed by atoms with E-state index in [0.29, 0.717) is 0 Å². The maximum Gasteiger partial charge on any atom is 0.119 e. The topological polar surface area (TPSA) is 21.3 Å². The lowest BCUT2D eigenvalue weighted by molar-refractivity contribution is 0.415. The van der Waals surface area contributed by atoms with Crippen LogP contribution in [0.5, 0.6) is 5.75 Å². The molecule has 4 aromatic rings. The number of ether oxygens (including phenoxy) is 1. The molecule has 0 amide bonds. The second-order valence-corrected chi connectivity index (χ2v) is 6.73. The van der Waals surface area contributed by atoms with Crippen LogP contribution in [0.3, 0.4) is 0 Å². The third-order valence-electron chi connectivity index (χ3n) is 5.03. The first-order valence-corrected chi connectivity index (χ1v) is 9.20. The first kappa shape index (κ1) is 17.2. The molecule has 2 nitrogen and oxygen atoms in total. The molecular weight excluding hydrogens is 330 g/mol. The number of rotatable bonds is 5. The number of fused-ring (bicyclic) bond motifs is 1. The fourth-order valence-electron chi connectivity index (χ4n) is 3.59. The smallest absolute Gasteiger partial charge is 0.119 e. The summed E-state index contributed by atoms with van der Waals surface area (Å²) in [5.74, 6) is 0.859. The minimum atomic E-state index is 0.0608. The lowest BCUT2D eigenvalue weighted by Gasteiger charge is -2.24. The molecule has 0 fully saturated rings. The van der Waals surface area contributed by atoms with Crippen LogP contribution in [0.1, 0.15) is 22.7 Å². The van der Waals surface area contributed by atoms with Crippen LogP contribution in [-0.2, 0) is 0 Å². The maximum atomic E-state index is 5.29. The molecule has 1 unspecified atom stereocenters. The van der Waals surface area contributed by atoms with Crippen molar-refractivity contribution >= 4 is 16.5 Å². The van der Waals surface area contributed by atoms with Crippen molar-refractivity contribution in [2.75, 3.05) is 12.4 Å². The van der Waals surface area contributed by atoms with Gasteiger partial charge in [-0.2, -0.15) is 0 Å². The normalized spacial score (nSPS) is 11.9. The first-order valence-electron chi connectivity index (χ1n) is 9.20. The predicted octanol–water partition coefficient (Wildman–Crippen LogP) is 6.36. The van der Waals surface area contributed by atoms with Crippen LogP contribution < -0.4 is 10.1 Å². The molecule has 27 heavy (non-hydrogen) atoms. The molecule has 1 N–H and O–H groups in total. The van der Waals surface area contributed by atoms with Gasteiger partial charge >= 0.3 is 0 Å². The van der Waals surface area contributed by atoms with Gasteiger partial charge in [-0.1, -0.05) is 66.7 Å². The molecule has 0 spiro atoms. The zero-order valence-corrected chi connectivity index (χ0v) is 15.6. The summed E-state index contributed by atoms with van der Waals surface area (Å²) in [4.78, 5) is 0. The molecule has 0 aliphatic carbocycles. The monoisotopic (exact) mass is 353 g/mol. The van der Waals surface area contributed by atoms with Gasteiger partial charge in [-0.15, -0.1) is 0 Å². The van der Waals surface area contributed by atoms with Crippen LogP contribution in [0.2, 0.25) is 0 Å². The van der Waals surface area contributed by atoms with Crippen molar-refractivity contribution in [3.8, 4) is 5.75 Å². The Morgan fingerprint density at radius 1 is 0.704 bits per heavy atom. The van der Waals surface area contributed by atoms with Gasteiger partial charge < -0.3 is 10.1 Å². The van der Waals surface area contributed by atoms with E-state index in [1.807, 2.05) is 12.1 Å². The number of nitrogens with one attached hydrogen (secondary N) is 1. The van der Waals surface area contributed by atoms with Crippen LogP contribution in [0, 0.1) is 6.92 Å². The number of methoxy groups -OCH3 is 1. The summed E-state index contributed by atoms with van der Waals surface area (Å²) in [6.07, 6.45) is 0. The Bertz CT molecular complexity index is 1050. The van der Waals surface area contributed by atoms with Crippen molar-refractivity contribution in [2.45, 2.75) is 13.0 Å². The minimum Gasteiger partial charge on any atom is -0.497 e. The largest absolute Gasteiger partial charge is 0.497 e. The summed E-state index contributed by atoms with van der Waals surface area (Å²) in [6.45, 7) is 2.17. The Morgan fingerprint density at radius 3 is 2.15 bits per heavy atom. The van der Waals surface area contributed by atoms with E-state index in [4.69, 9.17) is 4.74 Å². The summed E-state index contributed by atoms with van der Waals surface area (Å²) >= 11 is 0. The fourth-order valence-corrected chi connectivity index (χ4v) is 3.59. The SMILES string of the molecule is COc1ccc(NC(c2ccccc2C)c2cccc3ccccc23)cc1. The lowest BCUT2D eigenvalue weighted by Crippen LogP contribution is -2.14. The first-order chi connectivity index (χ1) is 13.3. The molecule has 0 saturated heterocycles. The van der Waals surface area contributed by atoms with Gasteiger partial charge in [-0.05, 0) is 58.7 Å². The molecule has 0 aromatic heterocycles. The van der Waals surface area contributed by atoms with Crippen LogP contribution in [0.15, 0.2) is 91.0 Å². The quantitative estimate of drug-likeness (QED) is 0.451. The number of hydrogen-bond donors (Lipinski definition) is 1. The van der Waals surface area contributed by atoms with E-state index in [-0.39, 0.29) is 6.04 Å². The van der Waals surface area contributed by atoms with Crippen molar-refractivity contribution in [1.29, 1.82) is 0 Å². The standard InChI is InChI=1S/C25H23NO/c1-18-8-3-5-11-22(18)25(26-20-14-16-21(27-2)17-15-20)24-13-7-10-19-9-4-6-12-23(19)24/h3-17,25-26H,1-2H3.